The molecule has 0 radical (unpaired) electrons. The van der Waals surface area contributed by atoms with Crippen LogP contribution >= 0.6 is 0 Å². The molecule has 0 saturated carbocycles. The van der Waals surface area contributed by atoms with Crippen molar-refractivity contribution in [3.05, 3.63) is 11.7 Å². The lowest BCUT2D eigenvalue weighted by Crippen LogP contribution is -2.49. The van der Waals surface area contributed by atoms with Crippen LogP contribution in [0.4, 0.5) is 0 Å². The monoisotopic (exact) mass is 309 g/mol. The lowest BCUT2D eigenvalue weighted by atomic mass is 10.1. The van der Waals surface area contributed by atoms with E-state index in [0.29, 0.717) is 31.4 Å². The van der Waals surface area contributed by atoms with E-state index in [1.165, 1.54) is 0 Å². The lowest BCUT2D eigenvalue weighted by molar-refractivity contribution is -0.122. The number of hydrogen-bond acceptors (Lipinski definition) is 6. The molecule has 0 spiro atoms. The predicted molar refractivity (Wildman–Crippen MR) is 83.2 cm³/mol. The van der Waals surface area contributed by atoms with Gasteiger partial charge in [0.05, 0.1) is 13.1 Å². The Labute approximate surface area is 132 Å². The highest BCUT2D eigenvalue weighted by Gasteiger charge is 2.20. The normalized spacial score (nSPS) is 17.1. The number of nitrogens with zero attached hydrogens (tertiary/aromatic N) is 4. The Morgan fingerprint density at radius 3 is 2.59 bits per heavy atom. The Morgan fingerprint density at radius 1 is 1.27 bits per heavy atom. The zero-order valence-electron chi connectivity index (χ0n) is 13.8. The molecule has 0 aromatic carbocycles. The van der Waals surface area contributed by atoms with Crippen LogP contribution in [0.5, 0.6) is 0 Å². The molecule has 1 fully saturated rings. The second-order valence-electron chi connectivity index (χ2n) is 6.21. The van der Waals surface area contributed by atoms with Gasteiger partial charge in [0.2, 0.25) is 11.8 Å². The minimum atomic E-state index is 0.103. The van der Waals surface area contributed by atoms with Gasteiger partial charge in [-0.2, -0.15) is 4.98 Å². The van der Waals surface area contributed by atoms with E-state index in [-0.39, 0.29) is 5.91 Å². The first-order valence-corrected chi connectivity index (χ1v) is 8.09. The Hall–Kier alpha value is -1.47. The van der Waals surface area contributed by atoms with Gasteiger partial charge < -0.3 is 9.84 Å². The fraction of sp³-hybridized carbons (Fsp3) is 0.800. The Bertz CT molecular complexity index is 466. The van der Waals surface area contributed by atoms with Gasteiger partial charge in [0.1, 0.15) is 0 Å². The topological polar surface area (TPSA) is 74.5 Å². The van der Waals surface area contributed by atoms with E-state index < -0.39 is 0 Å². The van der Waals surface area contributed by atoms with Crippen molar-refractivity contribution < 1.29 is 9.32 Å². The van der Waals surface area contributed by atoms with Crippen LogP contribution in [-0.2, 0) is 17.8 Å². The van der Waals surface area contributed by atoms with Crippen molar-refractivity contribution in [3.63, 3.8) is 0 Å². The molecule has 22 heavy (non-hydrogen) atoms. The van der Waals surface area contributed by atoms with Crippen LogP contribution in [0, 0.1) is 5.92 Å². The van der Waals surface area contributed by atoms with Crippen molar-refractivity contribution in [1.29, 1.82) is 0 Å². The molecule has 1 saturated heterocycles. The third-order valence-electron chi connectivity index (χ3n) is 3.67. The summed E-state index contributed by atoms with van der Waals surface area (Å²) in [5.41, 5.74) is 0. The van der Waals surface area contributed by atoms with Gasteiger partial charge in [0.15, 0.2) is 5.82 Å². The van der Waals surface area contributed by atoms with Crippen LogP contribution in [0.2, 0.25) is 0 Å². The largest absolute Gasteiger partial charge is 0.355 e. The van der Waals surface area contributed by atoms with Crippen molar-refractivity contribution in [2.75, 3.05) is 39.3 Å². The molecule has 0 atom stereocenters. The number of piperazine rings is 1. The summed E-state index contributed by atoms with van der Waals surface area (Å²) >= 11 is 0. The van der Waals surface area contributed by atoms with Gasteiger partial charge in [-0.1, -0.05) is 19.0 Å². The number of carbonyl (C=O) groups is 1. The SMILES string of the molecule is CCNC(=O)CN1CCN(Cc2nc(CC(C)C)no2)CC1. The van der Waals surface area contributed by atoms with E-state index >= 15 is 0 Å². The van der Waals surface area contributed by atoms with Gasteiger partial charge in [-0.15, -0.1) is 0 Å². The molecule has 2 rings (SSSR count). The van der Waals surface area contributed by atoms with E-state index in [0.717, 1.165) is 38.4 Å². The number of carbonyl (C=O) groups excluding carboxylic acids is 1. The number of rotatable bonds is 7. The number of nitrogens with one attached hydrogen (secondary N) is 1. The molecule has 1 aromatic rings. The molecule has 2 heterocycles. The summed E-state index contributed by atoms with van der Waals surface area (Å²) in [5, 5.41) is 6.86. The molecule has 0 unspecified atom stereocenters. The quantitative estimate of drug-likeness (QED) is 0.791. The lowest BCUT2D eigenvalue weighted by Gasteiger charge is -2.33. The molecule has 1 aromatic heterocycles. The summed E-state index contributed by atoms with van der Waals surface area (Å²) in [7, 11) is 0. The summed E-state index contributed by atoms with van der Waals surface area (Å²) < 4.78 is 5.31. The molecule has 0 bridgehead atoms. The first-order valence-electron chi connectivity index (χ1n) is 8.09. The molecule has 1 aliphatic rings. The minimum Gasteiger partial charge on any atom is -0.355 e. The van der Waals surface area contributed by atoms with Gasteiger partial charge in [-0.25, -0.2) is 0 Å². The Balaban J connectivity index is 1.73. The maximum absolute atomic E-state index is 11.6. The Morgan fingerprint density at radius 2 is 1.95 bits per heavy atom. The number of amides is 1. The number of aromatic nitrogens is 2. The second-order valence-corrected chi connectivity index (χ2v) is 6.21. The van der Waals surface area contributed by atoms with Crippen LogP contribution in [-0.4, -0.2) is 65.1 Å². The average Bonchev–Trinajstić information content (AvgIpc) is 2.87. The molecule has 124 valence electrons. The zero-order chi connectivity index (χ0) is 15.9. The molecular formula is C15H27N5O2. The summed E-state index contributed by atoms with van der Waals surface area (Å²) in [6.45, 7) is 11.7. The third-order valence-corrected chi connectivity index (χ3v) is 3.67. The number of hydrogen-bond donors (Lipinski definition) is 1. The summed E-state index contributed by atoms with van der Waals surface area (Å²) in [4.78, 5) is 20.5. The van der Waals surface area contributed by atoms with E-state index in [1.54, 1.807) is 0 Å². The first-order chi connectivity index (χ1) is 10.6. The Kier molecular flexibility index (Phi) is 6.33. The fourth-order valence-corrected chi connectivity index (χ4v) is 2.56. The standard InChI is InChI=1S/C15H27N5O2/c1-4-16-14(21)10-19-5-7-20(8-6-19)11-15-17-13(18-22-15)9-12(2)3/h12H,4-11H2,1-3H3,(H,16,21). The van der Waals surface area contributed by atoms with E-state index in [9.17, 15) is 4.79 Å². The van der Waals surface area contributed by atoms with Crippen LogP contribution in [0.15, 0.2) is 4.52 Å². The first kappa shape index (κ1) is 16.9. The highest BCUT2D eigenvalue weighted by Crippen LogP contribution is 2.09. The molecule has 0 aliphatic carbocycles. The van der Waals surface area contributed by atoms with Crippen molar-refractivity contribution >= 4 is 5.91 Å². The van der Waals surface area contributed by atoms with Crippen molar-refractivity contribution in [3.8, 4) is 0 Å². The van der Waals surface area contributed by atoms with Crippen molar-refractivity contribution in [2.45, 2.75) is 33.7 Å². The zero-order valence-corrected chi connectivity index (χ0v) is 13.8. The van der Waals surface area contributed by atoms with Crippen LogP contribution in [0.3, 0.4) is 0 Å². The third kappa shape index (κ3) is 5.38. The molecule has 1 N–H and O–H groups in total. The summed E-state index contributed by atoms with van der Waals surface area (Å²) in [6.07, 6.45) is 0.851. The van der Waals surface area contributed by atoms with Crippen LogP contribution < -0.4 is 5.32 Å². The van der Waals surface area contributed by atoms with Gasteiger partial charge >= 0.3 is 0 Å². The summed E-state index contributed by atoms with van der Waals surface area (Å²) in [6, 6.07) is 0. The highest BCUT2D eigenvalue weighted by molar-refractivity contribution is 5.77. The van der Waals surface area contributed by atoms with Gasteiger partial charge in [-0.05, 0) is 12.8 Å². The van der Waals surface area contributed by atoms with Crippen molar-refractivity contribution in [1.82, 2.24) is 25.3 Å². The smallest absolute Gasteiger partial charge is 0.240 e. The molecule has 1 aliphatic heterocycles. The maximum atomic E-state index is 11.6. The van der Waals surface area contributed by atoms with Crippen LogP contribution in [0.25, 0.3) is 0 Å². The maximum Gasteiger partial charge on any atom is 0.240 e. The summed E-state index contributed by atoms with van der Waals surface area (Å²) in [5.74, 6) is 2.11. The molecule has 7 nitrogen and oxygen atoms in total. The molecule has 1 amide bonds. The molecular weight excluding hydrogens is 282 g/mol. The number of likely N-dealkylation sites (N-methyl/N-ethyl adjacent to an activating group) is 1. The van der Waals surface area contributed by atoms with Gasteiger partial charge in [0.25, 0.3) is 0 Å². The van der Waals surface area contributed by atoms with Gasteiger partial charge in [0, 0.05) is 39.1 Å². The van der Waals surface area contributed by atoms with Crippen LogP contribution in [0.1, 0.15) is 32.5 Å². The van der Waals surface area contributed by atoms with Crippen molar-refractivity contribution in [2.24, 2.45) is 5.92 Å². The van der Waals surface area contributed by atoms with E-state index in [1.807, 2.05) is 6.92 Å². The predicted octanol–water partition coefficient (Wildman–Crippen LogP) is 0.522. The highest BCUT2D eigenvalue weighted by atomic mass is 16.5. The minimum absolute atomic E-state index is 0.103. The second kappa shape index (κ2) is 8.24. The fourth-order valence-electron chi connectivity index (χ4n) is 2.56. The van der Waals surface area contributed by atoms with Gasteiger partial charge in [-0.3, -0.25) is 14.6 Å². The molecule has 7 heteroatoms. The van der Waals surface area contributed by atoms with E-state index in [2.05, 4.69) is 39.1 Å². The van der Waals surface area contributed by atoms with E-state index in [4.69, 9.17) is 4.52 Å². The average molecular weight is 309 g/mol.